The first-order valence-electron chi connectivity index (χ1n) is 5.77. The molecule has 4 aromatic rings. The topological polar surface area (TPSA) is 30.2 Å². The molecule has 0 fully saturated rings. The molecule has 2 aromatic heterocycles. The minimum absolute atomic E-state index is 0.0502. The van der Waals surface area contributed by atoms with Gasteiger partial charge in [-0.15, -0.1) is 11.3 Å². The second-order valence-electron chi connectivity index (χ2n) is 4.33. The molecule has 0 bridgehead atoms. The molecule has 19 heavy (non-hydrogen) atoms. The van der Waals surface area contributed by atoms with Crippen LogP contribution in [0.3, 0.4) is 0 Å². The van der Waals surface area contributed by atoms with E-state index >= 15 is 0 Å². The molecule has 0 aliphatic carbocycles. The van der Waals surface area contributed by atoms with Gasteiger partial charge in [0.05, 0.1) is 5.39 Å². The number of benzene rings is 2. The van der Waals surface area contributed by atoms with Crippen molar-refractivity contribution in [3.05, 3.63) is 57.2 Å². The van der Waals surface area contributed by atoms with Gasteiger partial charge in [-0.1, -0.05) is 28.1 Å². The van der Waals surface area contributed by atoms with Gasteiger partial charge >= 0.3 is 0 Å². The molecular formula is C15H7BrO2S. The number of para-hydroxylation sites is 1. The fraction of sp³-hybridized carbons (Fsp3) is 0. The molecule has 0 spiro atoms. The zero-order valence-electron chi connectivity index (χ0n) is 9.64. The van der Waals surface area contributed by atoms with Crippen LogP contribution in [-0.2, 0) is 0 Å². The maximum Gasteiger partial charge on any atom is 0.210 e. The van der Waals surface area contributed by atoms with Crippen LogP contribution in [-0.4, -0.2) is 0 Å². The summed E-state index contributed by atoms with van der Waals surface area (Å²) in [4.78, 5) is 12.5. The Balaban J connectivity index is 2.32. The Morgan fingerprint density at radius 1 is 1.05 bits per heavy atom. The van der Waals surface area contributed by atoms with E-state index < -0.39 is 0 Å². The van der Waals surface area contributed by atoms with E-state index in [9.17, 15) is 4.79 Å². The lowest BCUT2D eigenvalue weighted by Gasteiger charge is -1.97. The van der Waals surface area contributed by atoms with E-state index in [0.717, 1.165) is 14.6 Å². The van der Waals surface area contributed by atoms with E-state index in [1.807, 2.05) is 36.4 Å². The largest absolute Gasteiger partial charge is 0.454 e. The summed E-state index contributed by atoms with van der Waals surface area (Å²) in [7, 11) is 0. The predicted molar refractivity (Wildman–Crippen MR) is 83.1 cm³/mol. The quantitative estimate of drug-likeness (QED) is 0.458. The van der Waals surface area contributed by atoms with Crippen molar-refractivity contribution in [1.82, 2.24) is 0 Å². The lowest BCUT2D eigenvalue weighted by atomic mass is 10.2. The third-order valence-electron chi connectivity index (χ3n) is 3.16. The number of thiophene rings is 1. The van der Waals surface area contributed by atoms with E-state index in [0.29, 0.717) is 21.3 Å². The highest BCUT2D eigenvalue weighted by Crippen LogP contribution is 2.35. The van der Waals surface area contributed by atoms with E-state index in [1.165, 1.54) is 11.3 Å². The molecule has 0 atom stereocenters. The van der Waals surface area contributed by atoms with Crippen LogP contribution < -0.4 is 5.43 Å². The second-order valence-corrected chi connectivity index (χ2v) is 6.30. The van der Waals surface area contributed by atoms with Crippen LogP contribution in [0.5, 0.6) is 0 Å². The molecule has 2 nitrogen and oxygen atoms in total. The first kappa shape index (κ1) is 11.2. The Hall–Kier alpha value is -1.65. The van der Waals surface area contributed by atoms with Crippen LogP contribution in [0.2, 0.25) is 0 Å². The Morgan fingerprint density at radius 3 is 2.79 bits per heavy atom. The summed E-state index contributed by atoms with van der Waals surface area (Å²) in [6.45, 7) is 0. The number of halogens is 1. The van der Waals surface area contributed by atoms with Crippen molar-refractivity contribution in [2.45, 2.75) is 0 Å². The number of rotatable bonds is 0. The van der Waals surface area contributed by atoms with Gasteiger partial charge in [0.25, 0.3) is 0 Å². The average Bonchev–Trinajstić information content (AvgIpc) is 2.77. The van der Waals surface area contributed by atoms with Gasteiger partial charge < -0.3 is 4.42 Å². The summed E-state index contributed by atoms with van der Waals surface area (Å²) in [5.41, 5.74) is 1.38. The van der Waals surface area contributed by atoms with Gasteiger partial charge in [0, 0.05) is 14.6 Å². The highest BCUT2D eigenvalue weighted by molar-refractivity contribution is 9.10. The Morgan fingerprint density at radius 2 is 1.89 bits per heavy atom. The molecule has 0 saturated heterocycles. The van der Waals surface area contributed by atoms with Gasteiger partial charge in [-0.3, -0.25) is 4.79 Å². The molecule has 0 aliphatic heterocycles. The van der Waals surface area contributed by atoms with Crippen LogP contribution in [0.15, 0.2) is 56.1 Å². The van der Waals surface area contributed by atoms with Gasteiger partial charge in [0.15, 0.2) is 5.58 Å². The molecule has 0 unspecified atom stereocenters. The molecular weight excluding hydrogens is 324 g/mol. The van der Waals surface area contributed by atoms with Crippen molar-refractivity contribution in [3.8, 4) is 0 Å². The Bertz CT molecular complexity index is 997. The summed E-state index contributed by atoms with van der Waals surface area (Å²) < 4.78 is 8.66. The van der Waals surface area contributed by atoms with Crippen molar-refractivity contribution in [1.29, 1.82) is 0 Å². The molecule has 0 radical (unpaired) electrons. The summed E-state index contributed by atoms with van der Waals surface area (Å²) >= 11 is 4.93. The summed E-state index contributed by atoms with van der Waals surface area (Å²) in [5.74, 6) is 0. The smallest absolute Gasteiger partial charge is 0.210 e. The molecule has 0 amide bonds. The number of fused-ring (bicyclic) bond motifs is 4. The van der Waals surface area contributed by atoms with Gasteiger partial charge in [0.2, 0.25) is 5.43 Å². The molecule has 4 rings (SSSR count). The first-order valence-corrected chi connectivity index (χ1v) is 7.38. The van der Waals surface area contributed by atoms with Crippen LogP contribution in [0, 0.1) is 0 Å². The second kappa shape index (κ2) is 3.92. The average molecular weight is 331 g/mol. The van der Waals surface area contributed by atoms with E-state index in [2.05, 4.69) is 15.9 Å². The zero-order valence-corrected chi connectivity index (χ0v) is 12.0. The minimum atomic E-state index is 0.0502. The molecule has 0 saturated carbocycles. The molecule has 0 N–H and O–H groups in total. The molecule has 2 heterocycles. The SMILES string of the molecule is O=c1c2ccccc2oc2c1sc1cc(Br)ccc12. The van der Waals surface area contributed by atoms with Crippen LogP contribution in [0.4, 0.5) is 0 Å². The standard InChI is InChI=1S/C15H7BrO2S/c16-8-5-6-10-12(7-8)19-15-13(17)9-3-1-2-4-11(9)18-14(10)15/h1-7H. The third kappa shape index (κ3) is 1.57. The van der Waals surface area contributed by atoms with Crippen molar-refractivity contribution in [2.75, 3.05) is 0 Å². The molecule has 2 aromatic carbocycles. The van der Waals surface area contributed by atoms with Gasteiger partial charge in [0.1, 0.15) is 10.3 Å². The summed E-state index contributed by atoms with van der Waals surface area (Å²) in [6.07, 6.45) is 0. The minimum Gasteiger partial charge on any atom is -0.454 e. The fourth-order valence-electron chi connectivity index (χ4n) is 2.27. The van der Waals surface area contributed by atoms with Crippen LogP contribution >= 0.6 is 27.3 Å². The molecule has 0 aliphatic rings. The monoisotopic (exact) mass is 330 g/mol. The lowest BCUT2D eigenvalue weighted by Crippen LogP contribution is -1.98. The van der Waals surface area contributed by atoms with Gasteiger partial charge in [-0.2, -0.15) is 0 Å². The van der Waals surface area contributed by atoms with Crippen LogP contribution in [0.1, 0.15) is 0 Å². The zero-order chi connectivity index (χ0) is 13.0. The summed E-state index contributed by atoms with van der Waals surface area (Å²) in [5, 5.41) is 1.63. The predicted octanol–water partition coefficient (Wildman–Crippen LogP) is 4.92. The van der Waals surface area contributed by atoms with Crippen molar-refractivity contribution in [2.24, 2.45) is 0 Å². The van der Waals surface area contributed by atoms with E-state index in [-0.39, 0.29) is 5.43 Å². The highest BCUT2D eigenvalue weighted by atomic mass is 79.9. The lowest BCUT2D eigenvalue weighted by molar-refractivity contribution is 0.665. The van der Waals surface area contributed by atoms with Crippen molar-refractivity contribution in [3.63, 3.8) is 0 Å². The third-order valence-corrected chi connectivity index (χ3v) is 4.78. The van der Waals surface area contributed by atoms with E-state index in [1.54, 1.807) is 6.07 Å². The number of hydrogen-bond donors (Lipinski definition) is 0. The normalized spacial score (nSPS) is 11.6. The van der Waals surface area contributed by atoms with Gasteiger partial charge in [-0.25, -0.2) is 0 Å². The highest BCUT2D eigenvalue weighted by Gasteiger charge is 2.13. The van der Waals surface area contributed by atoms with Gasteiger partial charge in [-0.05, 0) is 30.3 Å². The molecule has 92 valence electrons. The first-order chi connectivity index (χ1) is 9.24. The molecule has 4 heteroatoms. The van der Waals surface area contributed by atoms with Crippen LogP contribution in [0.25, 0.3) is 31.3 Å². The summed E-state index contributed by atoms with van der Waals surface area (Å²) in [6, 6.07) is 13.3. The van der Waals surface area contributed by atoms with Crippen molar-refractivity contribution >= 4 is 58.6 Å². The van der Waals surface area contributed by atoms with E-state index in [4.69, 9.17) is 4.42 Å². The Labute approximate surface area is 120 Å². The number of hydrogen-bond acceptors (Lipinski definition) is 3. The maximum absolute atomic E-state index is 12.5. The van der Waals surface area contributed by atoms with Crippen molar-refractivity contribution < 1.29 is 4.42 Å². The maximum atomic E-state index is 12.5. The fourth-order valence-corrected chi connectivity index (χ4v) is 3.91. The Kier molecular flexibility index (Phi) is 2.31.